The van der Waals surface area contributed by atoms with E-state index in [0.717, 1.165) is 31.2 Å². The van der Waals surface area contributed by atoms with Crippen molar-refractivity contribution in [2.75, 3.05) is 35.8 Å². The second kappa shape index (κ2) is 15.1. The number of hydrazine groups is 1. The molecule has 12 nitrogen and oxygen atoms in total. The van der Waals surface area contributed by atoms with Crippen LogP contribution >= 0.6 is 47.7 Å². The minimum atomic E-state index is -0.279. The monoisotopic (exact) mass is 647 g/mol. The fourth-order valence-electron chi connectivity index (χ4n) is 4.15. The Hall–Kier alpha value is -3.50. The Morgan fingerprint density at radius 1 is 1.12 bits per heavy atom. The highest BCUT2D eigenvalue weighted by Crippen LogP contribution is 2.33. The quantitative estimate of drug-likeness (QED) is 0.141. The van der Waals surface area contributed by atoms with E-state index in [1.807, 2.05) is 22.9 Å². The maximum absolute atomic E-state index is 13.1. The van der Waals surface area contributed by atoms with E-state index in [-0.39, 0.29) is 48.8 Å². The molecule has 1 aliphatic heterocycles. The Bertz CT molecular complexity index is 1420. The largest absolute Gasteiger partial charge is 0.484 e. The standard InChI is InChI=1S/C26H29N9O3S3.ClH/c27-10-11-28-21(36)14-38-19-7-5-18(6-8-19)30-24-31-23(29-17-3-1-2-4-17)32-25(33-24)34-35-22(37)20(41-26(35)39)13-16-9-12-40-15-16;/h5-9,12-13,15,17H,1-4,10-11,14,27H2,(H,28,36)(H3,29,30,31,32,33,34);1H/b20-13-;. The van der Waals surface area contributed by atoms with Gasteiger partial charge in [0, 0.05) is 24.8 Å². The second-order valence-electron chi connectivity index (χ2n) is 9.19. The zero-order valence-electron chi connectivity index (χ0n) is 22.4. The summed E-state index contributed by atoms with van der Waals surface area (Å²) in [4.78, 5) is 38.9. The topological polar surface area (TPSA) is 159 Å². The number of nitrogens with two attached hydrogens (primary N) is 1. The third kappa shape index (κ3) is 8.51. The number of amides is 2. The molecule has 0 radical (unpaired) electrons. The summed E-state index contributed by atoms with van der Waals surface area (Å²) in [5.74, 6) is 0.841. The predicted molar refractivity (Wildman–Crippen MR) is 173 cm³/mol. The van der Waals surface area contributed by atoms with Gasteiger partial charge in [-0.1, -0.05) is 24.6 Å². The van der Waals surface area contributed by atoms with Gasteiger partial charge in [0.2, 0.25) is 17.8 Å². The first-order valence-electron chi connectivity index (χ1n) is 13.0. The van der Waals surface area contributed by atoms with Crippen molar-refractivity contribution in [2.24, 2.45) is 5.73 Å². The van der Waals surface area contributed by atoms with Crippen molar-refractivity contribution in [3.63, 3.8) is 0 Å². The molecule has 0 spiro atoms. The second-order valence-corrected chi connectivity index (χ2v) is 11.7. The van der Waals surface area contributed by atoms with Crippen LogP contribution in [0.25, 0.3) is 6.08 Å². The van der Waals surface area contributed by atoms with E-state index in [9.17, 15) is 9.59 Å². The lowest BCUT2D eigenvalue weighted by atomic mass is 10.2. The number of aromatic nitrogens is 3. The SMILES string of the molecule is Cl.NCCNC(=O)COc1ccc(Nc2nc(NC3CCCC3)nc(NN3C(=O)/C(=C/c4ccsc4)SC3=S)n2)cc1. The maximum atomic E-state index is 13.1. The normalized spacial score (nSPS) is 15.9. The lowest BCUT2D eigenvalue weighted by Crippen LogP contribution is -2.35. The third-order valence-electron chi connectivity index (χ3n) is 6.12. The molecule has 0 bridgehead atoms. The van der Waals surface area contributed by atoms with E-state index < -0.39 is 0 Å². The Balaban J connectivity index is 0.00000405. The molecule has 1 aliphatic carbocycles. The van der Waals surface area contributed by atoms with Crippen LogP contribution in [0, 0.1) is 0 Å². The molecule has 2 aromatic heterocycles. The number of ether oxygens (including phenoxy) is 1. The molecule has 222 valence electrons. The molecule has 2 aliphatic rings. The molecule has 2 fully saturated rings. The highest BCUT2D eigenvalue weighted by Gasteiger charge is 2.33. The number of carbonyl (C=O) groups is 2. The fourth-order valence-corrected chi connectivity index (χ4v) is 5.94. The first-order valence-corrected chi connectivity index (χ1v) is 15.2. The van der Waals surface area contributed by atoms with E-state index in [0.29, 0.717) is 39.7 Å². The van der Waals surface area contributed by atoms with Crippen molar-refractivity contribution >= 4 is 93.5 Å². The lowest BCUT2D eigenvalue weighted by molar-refractivity contribution is -0.123. The van der Waals surface area contributed by atoms with E-state index in [1.165, 1.54) is 16.8 Å². The number of nitrogens with one attached hydrogen (secondary N) is 4. The summed E-state index contributed by atoms with van der Waals surface area (Å²) >= 11 is 8.24. The molecule has 1 saturated carbocycles. The van der Waals surface area contributed by atoms with E-state index >= 15 is 0 Å². The molecular formula is C26H30ClN9O3S3. The zero-order chi connectivity index (χ0) is 28.6. The van der Waals surface area contributed by atoms with Crippen LogP contribution in [-0.2, 0) is 9.59 Å². The first-order chi connectivity index (χ1) is 20.0. The molecule has 1 saturated heterocycles. The average Bonchev–Trinajstić information content (AvgIpc) is 3.72. The molecule has 5 rings (SSSR count). The van der Waals surface area contributed by atoms with Gasteiger partial charge in [-0.3, -0.25) is 15.0 Å². The summed E-state index contributed by atoms with van der Waals surface area (Å²) in [7, 11) is 0. The van der Waals surface area contributed by atoms with E-state index in [2.05, 4.69) is 36.3 Å². The number of rotatable bonds is 12. The van der Waals surface area contributed by atoms with Crippen LogP contribution in [0.4, 0.5) is 23.5 Å². The van der Waals surface area contributed by atoms with Gasteiger partial charge < -0.3 is 26.4 Å². The minimum absolute atomic E-state index is 0. The maximum Gasteiger partial charge on any atom is 0.285 e. The molecule has 2 amide bonds. The van der Waals surface area contributed by atoms with Gasteiger partial charge in [-0.25, -0.2) is 0 Å². The van der Waals surface area contributed by atoms with Crippen LogP contribution in [0.15, 0.2) is 46.0 Å². The van der Waals surface area contributed by atoms with Crippen molar-refractivity contribution in [3.05, 3.63) is 51.6 Å². The summed E-state index contributed by atoms with van der Waals surface area (Å²) < 4.78 is 5.87. The molecule has 3 aromatic rings. The summed E-state index contributed by atoms with van der Waals surface area (Å²) in [5.41, 5.74) is 10.00. The smallest absolute Gasteiger partial charge is 0.285 e. The minimum Gasteiger partial charge on any atom is -0.484 e. The number of benzene rings is 1. The van der Waals surface area contributed by atoms with Crippen LogP contribution < -0.4 is 31.8 Å². The molecule has 3 heterocycles. The van der Waals surface area contributed by atoms with E-state index in [4.69, 9.17) is 22.7 Å². The van der Waals surface area contributed by atoms with Gasteiger partial charge in [-0.05, 0) is 77.8 Å². The van der Waals surface area contributed by atoms with Crippen LogP contribution in [-0.4, -0.2) is 61.8 Å². The summed E-state index contributed by atoms with van der Waals surface area (Å²) in [6.45, 7) is 0.659. The third-order valence-corrected chi connectivity index (χ3v) is 8.12. The van der Waals surface area contributed by atoms with Crippen LogP contribution in [0.1, 0.15) is 31.2 Å². The number of nitrogens with zero attached hydrogens (tertiary/aromatic N) is 4. The molecule has 0 atom stereocenters. The number of carbonyl (C=O) groups excluding carboxylic acids is 2. The molecule has 42 heavy (non-hydrogen) atoms. The van der Waals surface area contributed by atoms with E-state index in [1.54, 1.807) is 35.6 Å². The fraction of sp³-hybridized carbons (Fsp3) is 0.308. The molecule has 16 heteroatoms. The Labute approximate surface area is 262 Å². The van der Waals surface area contributed by atoms with Gasteiger partial charge >= 0.3 is 0 Å². The summed E-state index contributed by atoms with van der Waals surface area (Å²) in [6, 6.07) is 9.24. The van der Waals surface area contributed by atoms with Gasteiger partial charge in [-0.15, -0.1) is 12.4 Å². The van der Waals surface area contributed by atoms with Crippen molar-refractivity contribution < 1.29 is 14.3 Å². The summed E-state index contributed by atoms with van der Waals surface area (Å²) in [6.07, 6.45) is 6.17. The van der Waals surface area contributed by atoms with Crippen molar-refractivity contribution in [1.82, 2.24) is 25.3 Å². The van der Waals surface area contributed by atoms with Crippen molar-refractivity contribution in [3.8, 4) is 5.75 Å². The number of thiophene rings is 1. The van der Waals surface area contributed by atoms with Crippen molar-refractivity contribution in [2.45, 2.75) is 31.7 Å². The predicted octanol–water partition coefficient (Wildman–Crippen LogP) is 4.14. The number of thiocarbonyl (C=S) groups is 1. The number of anilines is 4. The Morgan fingerprint density at radius 3 is 2.57 bits per heavy atom. The molecular weight excluding hydrogens is 618 g/mol. The highest BCUT2D eigenvalue weighted by atomic mass is 35.5. The molecule has 6 N–H and O–H groups in total. The van der Waals surface area contributed by atoms with Crippen LogP contribution in [0.2, 0.25) is 0 Å². The van der Waals surface area contributed by atoms with Crippen LogP contribution in [0.5, 0.6) is 5.75 Å². The number of hydrogen-bond acceptors (Lipinski definition) is 13. The Morgan fingerprint density at radius 2 is 1.86 bits per heavy atom. The molecule has 0 unspecified atom stereocenters. The highest BCUT2D eigenvalue weighted by molar-refractivity contribution is 8.26. The van der Waals surface area contributed by atoms with Gasteiger partial charge in [0.25, 0.3) is 11.8 Å². The molecule has 1 aromatic carbocycles. The number of halogens is 1. The Kier molecular flexibility index (Phi) is 11.3. The van der Waals surface area contributed by atoms with Gasteiger partial charge in [0.1, 0.15) is 5.75 Å². The zero-order valence-corrected chi connectivity index (χ0v) is 25.6. The average molecular weight is 648 g/mol. The van der Waals surface area contributed by atoms with Crippen LogP contribution in [0.3, 0.4) is 0 Å². The lowest BCUT2D eigenvalue weighted by Gasteiger charge is -2.18. The van der Waals surface area contributed by atoms with Gasteiger partial charge in [0.15, 0.2) is 10.9 Å². The first kappa shape index (κ1) is 31.4. The number of thioether (sulfide) groups is 1. The number of hydrogen-bond donors (Lipinski definition) is 5. The summed E-state index contributed by atoms with van der Waals surface area (Å²) in [5, 5.41) is 14.4. The van der Waals surface area contributed by atoms with Gasteiger partial charge in [-0.2, -0.15) is 31.3 Å². The van der Waals surface area contributed by atoms with Gasteiger partial charge in [0.05, 0.1) is 4.91 Å². The van der Waals surface area contributed by atoms with Crippen molar-refractivity contribution in [1.29, 1.82) is 0 Å².